The van der Waals surface area contributed by atoms with E-state index in [0.717, 1.165) is 77.0 Å². The molecule has 0 spiro atoms. The highest BCUT2D eigenvalue weighted by Gasteiger charge is 2.17. The van der Waals surface area contributed by atoms with Crippen molar-refractivity contribution in [3.63, 3.8) is 0 Å². The lowest BCUT2D eigenvalue weighted by Crippen LogP contribution is -2.17. The van der Waals surface area contributed by atoms with Gasteiger partial charge in [0.25, 0.3) is 0 Å². The van der Waals surface area contributed by atoms with Crippen LogP contribution in [0.15, 0.2) is 0 Å². The van der Waals surface area contributed by atoms with Crippen molar-refractivity contribution in [2.45, 2.75) is 143 Å². The first kappa shape index (κ1) is 30.9. The Balaban J connectivity index is 3.44. The summed E-state index contributed by atoms with van der Waals surface area (Å²) in [4.78, 5) is 24.1. The molecule has 0 radical (unpaired) electrons. The maximum atomic E-state index is 12.0. The minimum atomic E-state index is 0.0115. The summed E-state index contributed by atoms with van der Waals surface area (Å²) in [5.74, 6) is 0.219. The predicted octanol–water partition coefficient (Wildman–Crippen LogP) is 8.41. The molecule has 0 amide bonds. The topological polar surface area (TPSA) is 52.6 Å². The number of unbranched alkanes of at least 4 members (excludes halogenated alkanes) is 11. The van der Waals surface area contributed by atoms with E-state index in [1.807, 2.05) is 0 Å². The number of rotatable bonds is 23. The fourth-order valence-electron chi connectivity index (χ4n) is 4.08. The molecule has 4 nitrogen and oxygen atoms in total. The average Bonchev–Trinajstić information content (AvgIpc) is 2.80. The molecule has 0 saturated carbocycles. The van der Waals surface area contributed by atoms with Gasteiger partial charge in [0.05, 0.1) is 25.0 Å². The zero-order valence-corrected chi connectivity index (χ0v) is 21.9. The lowest BCUT2D eigenvalue weighted by atomic mass is 10.00. The number of carbonyl (C=O) groups is 2. The van der Waals surface area contributed by atoms with Gasteiger partial charge in [0.2, 0.25) is 0 Å². The van der Waals surface area contributed by atoms with E-state index in [9.17, 15) is 9.59 Å². The van der Waals surface area contributed by atoms with Crippen molar-refractivity contribution < 1.29 is 19.1 Å². The molecule has 0 N–H and O–H groups in total. The van der Waals surface area contributed by atoms with Crippen molar-refractivity contribution in [2.75, 3.05) is 13.2 Å². The molecule has 4 heteroatoms. The van der Waals surface area contributed by atoms with Gasteiger partial charge in [-0.1, -0.05) is 105 Å². The second kappa shape index (κ2) is 23.1. The monoisotopic (exact) mass is 454 g/mol. The zero-order chi connectivity index (χ0) is 23.9. The minimum Gasteiger partial charge on any atom is -0.465 e. The number of esters is 2. The van der Waals surface area contributed by atoms with Gasteiger partial charge in [-0.25, -0.2) is 0 Å². The first-order valence-corrected chi connectivity index (χ1v) is 13.9. The van der Waals surface area contributed by atoms with E-state index in [1.165, 1.54) is 38.5 Å². The van der Waals surface area contributed by atoms with E-state index >= 15 is 0 Å². The first-order chi connectivity index (χ1) is 15.6. The van der Waals surface area contributed by atoms with E-state index in [1.54, 1.807) is 0 Å². The molecule has 0 aliphatic rings. The molecule has 0 saturated heterocycles. The molecule has 0 heterocycles. The van der Waals surface area contributed by atoms with E-state index < -0.39 is 0 Å². The van der Waals surface area contributed by atoms with Gasteiger partial charge >= 0.3 is 11.9 Å². The van der Waals surface area contributed by atoms with E-state index in [-0.39, 0.29) is 23.8 Å². The van der Waals surface area contributed by atoms with Crippen LogP contribution < -0.4 is 0 Å². The quantitative estimate of drug-likeness (QED) is 0.115. The van der Waals surface area contributed by atoms with Crippen molar-refractivity contribution in [2.24, 2.45) is 11.8 Å². The number of hydrogen-bond donors (Lipinski definition) is 0. The van der Waals surface area contributed by atoms with Crippen molar-refractivity contribution in [1.29, 1.82) is 0 Å². The van der Waals surface area contributed by atoms with E-state index in [2.05, 4.69) is 27.7 Å². The van der Waals surface area contributed by atoms with Crippen LogP contribution in [-0.2, 0) is 19.1 Å². The second-order valence-corrected chi connectivity index (χ2v) is 9.37. The summed E-state index contributed by atoms with van der Waals surface area (Å²) in [6, 6.07) is 0. The van der Waals surface area contributed by atoms with Crippen molar-refractivity contribution >= 4 is 11.9 Å². The van der Waals surface area contributed by atoms with Crippen LogP contribution in [0.3, 0.4) is 0 Å². The molecule has 0 aromatic rings. The van der Waals surface area contributed by atoms with Gasteiger partial charge in [-0.2, -0.15) is 0 Å². The van der Waals surface area contributed by atoms with Crippen LogP contribution in [0.1, 0.15) is 143 Å². The lowest BCUT2D eigenvalue weighted by Gasteiger charge is -2.13. The molecule has 2 atom stereocenters. The molecule has 0 aromatic heterocycles. The molecule has 0 aromatic carbocycles. The lowest BCUT2D eigenvalue weighted by molar-refractivity contribution is -0.150. The van der Waals surface area contributed by atoms with Gasteiger partial charge in [0.15, 0.2) is 0 Å². The van der Waals surface area contributed by atoms with Crippen LogP contribution in [-0.4, -0.2) is 25.2 Å². The Kier molecular flexibility index (Phi) is 22.3. The standard InChI is InChI=1S/C28H54O4/c1-5-9-21-25(7-3)27(29)31-23-19-17-15-13-11-12-14-16-18-20-24-32-28(30)26(8-4)22-10-6-2/h25-26H,5-24H2,1-4H3. The predicted molar refractivity (Wildman–Crippen MR) is 135 cm³/mol. The highest BCUT2D eigenvalue weighted by Crippen LogP contribution is 2.16. The summed E-state index contributed by atoms with van der Waals surface area (Å²) in [7, 11) is 0. The summed E-state index contributed by atoms with van der Waals surface area (Å²) in [5.41, 5.74) is 0. The summed E-state index contributed by atoms with van der Waals surface area (Å²) >= 11 is 0. The Hall–Kier alpha value is -1.06. The number of ether oxygens (including phenoxy) is 2. The Labute approximate surface area is 199 Å². The molecule has 190 valence electrons. The third-order valence-electron chi connectivity index (χ3n) is 6.49. The number of hydrogen-bond acceptors (Lipinski definition) is 4. The van der Waals surface area contributed by atoms with Gasteiger partial charge in [-0.05, 0) is 38.5 Å². The average molecular weight is 455 g/mol. The third-order valence-corrected chi connectivity index (χ3v) is 6.49. The molecule has 32 heavy (non-hydrogen) atoms. The van der Waals surface area contributed by atoms with Gasteiger partial charge in [-0.15, -0.1) is 0 Å². The van der Waals surface area contributed by atoms with E-state index in [0.29, 0.717) is 13.2 Å². The highest BCUT2D eigenvalue weighted by molar-refractivity contribution is 5.72. The Morgan fingerprint density at radius 1 is 0.500 bits per heavy atom. The summed E-state index contributed by atoms with van der Waals surface area (Å²) in [6.45, 7) is 9.65. The molecule has 0 rings (SSSR count). The molecule has 0 fully saturated rings. The molecule has 0 aliphatic carbocycles. The van der Waals surface area contributed by atoms with Crippen LogP contribution in [0, 0.1) is 11.8 Å². The van der Waals surface area contributed by atoms with Crippen molar-refractivity contribution in [3.05, 3.63) is 0 Å². The van der Waals surface area contributed by atoms with Crippen LogP contribution in [0.4, 0.5) is 0 Å². The highest BCUT2D eigenvalue weighted by atomic mass is 16.5. The van der Waals surface area contributed by atoms with Crippen molar-refractivity contribution in [1.82, 2.24) is 0 Å². The molecule has 0 bridgehead atoms. The Morgan fingerprint density at radius 3 is 1.09 bits per heavy atom. The molecular formula is C28H54O4. The van der Waals surface area contributed by atoms with E-state index in [4.69, 9.17) is 9.47 Å². The minimum absolute atomic E-state index is 0.0115. The molecular weight excluding hydrogens is 400 g/mol. The van der Waals surface area contributed by atoms with Crippen LogP contribution >= 0.6 is 0 Å². The van der Waals surface area contributed by atoms with Crippen molar-refractivity contribution in [3.8, 4) is 0 Å². The molecule has 0 aliphatic heterocycles. The number of carbonyl (C=O) groups excluding carboxylic acids is 2. The van der Waals surface area contributed by atoms with Crippen LogP contribution in [0.5, 0.6) is 0 Å². The normalized spacial score (nSPS) is 13.0. The SMILES string of the molecule is CCCCC(CC)C(=O)OCCCCCCCCCCCCOC(=O)C(CC)CCCC. The zero-order valence-electron chi connectivity index (χ0n) is 21.9. The van der Waals surface area contributed by atoms with Gasteiger partial charge in [0.1, 0.15) is 0 Å². The fourth-order valence-corrected chi connectivity index (χ4v) is 4.08. The second-order valence-electron chi connectivity index (χ2n) is 9.37. The van der Waals surface area contributed by atoms with Gasteiger partial charge in [0, 0.05) is 0 Å². The first-order valence-electron chi connectivity index (χ1n) is 13.9. The largest absolute Gasteiger partial charge is 0.465 e. The summed E-state index contributed by atoms with van der Waals surface area (Å²) in [6.07, 6.45) is 20.1. The van der Waals surface area contributed by atoms with Crippen LogP contribution in [0.2, 0.25) is 0 Å². The maximum Gasteiger partial charge on any atom is 0.308 e. The third kappa shape index (κ3) is 17.5. The summed E-state index contributed by atoms with van der Waals surface area (Å²) < 4.78 is 10.9. The smallest absolute Gasteiger partial charge is 0.308 e. The van der Waals surface area contributed by atoms with Crippen LogP contribution in [0.25, 0.3) is 0 Å². The Morgan fingerprint density at radius 2 is 0.812 bits per heavy atom. The van der Waals surface area contributed by atoms with Gasteiger partial charge in [-0.3, -0.25) is 9.59 Å². The fraction of sp³-hybridized carbons (Fsp3) is 0.929. The Bertz CT molecular complexity index is 395. The maximum absolute atomic E-state index is 12.0. The summed E-state index contributed by atoms with van der Waals surface area (Å²) in [5, 5.41) is 0. The van der Waals surface area contributed by atoms with Gasteiger partial charge < -0.3 is 9.47 Å². The molecule has 2 unspecified atom stereocenters.